The van der Waals surface area contributed by atoms with Gasteiger partial charge >= 0.3 is 0 Å². The average Bonchev–Trinajstić information content (AvgIpc) is 2.84. The molecule has 1 atom stereocenters. The molecule has 1 fully saturated rings. The Bertz CT molecular complexity index is 493. The molecule has 0 amide bonds. The molecule has 0 aliphatic heterocycles. The predicted octanol–water partition coefficient (Wildman–Crippen LogP) is 4.97. The van der Waals surface area contributed by atoms with Crippen molar-refractivity contribution >= 4 is 0 Å². The van der Waals surface area contributed by atoms with Gasteiger partial charge in [0.05, 0.1) is 0 Å². The minimum Gasteiger partial charge on any atom is -0.312 e. The Morgan fingerprint density at radius 3 is 2.14 bits per heavy atom. The van der Waals surface area contributed by atoms with Gasteiger partial charge in [-0.15, -0.1) is 0 Å². The highest BCUT2D eigenvalue weighted by Crippen LogP contribution is 2.52. The third-order valence-corrected chi connectivity index (χ3v) is 4.67. The van der Waals surface area contributed by atoms with Crippen LogP contribution in [0.4, 0.5) is 13.2 Å². The molecule has 1 aromatic carbocycles. The first-order chi connectivity index (χ1) is 9.89. The van der Waals surface area contributed by atoms with Crippen molar-refractivity contribution in [2.45, 2.75) is 52.0 Å². The first kappa shape index (κ1) is 16.3. The van der Waals surface area contributed by atoms with Crippen molar-refractivity contribution in [1.29, 1.82) is 0 Å². The molecule has 1 nitrogen and oxygen atoms in total. The summed E-state index contributed by atoms with van der Waals surface area (Å²) in [5.41, 5.74) is 0.174. The number of hydrogen-bond acceptors (Lipinski definition) is 1. The Labute approximate surface area is 124 Å². The standard InChI is InChI=1S/C17H24F3N/c1-11(2)10-17(6-4-5-7-17)16(21-3)12-8-14(19)15(20)9-13(12)18/h8-9,11,16,21H,4-7,10H2,1-3H3. The van der Waals surface area contributed by atoms with Gasteiger partial charge in [0.25, 0.3) is 0 Å². The second kappa shape index (κ2) is 6.39. The summed E-state index contributed by atoms with van der Waals surface area (Å²) in [6.07, 6.45) is 5.16. The zero-order valence-electron chi connectivity index (χ0n) is 13.0. The molecule has 1 aliphatic carbocycles. The molecule has 1 N–H and O–H groups in total. The van der Waals surface area contributed by atoms with Gasteiger partial charge in [-0.05, 0) is 43.7 Å². The maximum Gasteiger partial charge on any atom is 0.161 e. The smallest absolute Gasteiger partial charge is 0.161 e. The Morgan fingerprint density at radius 2 is 1.62 bits per heavy atom. The van der Waals surface area contributed by atoms with E-state index in [1.165, 1.54) is 0 Å². The van der Waals surface area contributed by atoms with Crippen LogP contribution in [0.25, 0.3) is 0 Å². The van der Waals surface area contributed by atoms with E-state index in [1.54, 1.807) is 7.05 Å². The highest BCUT2D eigenvalue weighted by atomic mass is 19.2. The van der Waals surface area contributed by atoms with Gasteiger partial charge in [0, 0.05) is 17.7 Å². The van der Waals surface area contributed by atoms with Gasteiger partial charge < -0.3 is 5.32 Å². The molecule has 4 heteroatoms. The van der Waals surface area contributed by atoms with Crippen LogP contribution in [0, 0.1) is 28.8 Å². The number of benzene rings is 1. The molecule has 0 heterocycles. The van der Waals surface area contributed by atoms with Gasteiger partial charge in [-0.25, -0.2) is 13.2 Å². The van der Waals surface area contributed by atoms with Crippen LogP contribution in [0.3, 0.4) is 0 Å². The monoisotopic (exact) mass is 299 g/mol. The van der Waals surface area contributed by atoms with E-state index in [9.17, 15) is 13.2 Å². The second-order valence-corrected chi connectivity index (χ2v) is 6.68. The molecule has 1 aliphatic rings. The first-order valence-electron chi connectivity index (χ1n) is 7.71. The molecule has 0 bridgehead atoms. The van der Waals surface area contributed by atoms with Gasteiger partial charge in [0.2, 0.25) is 0 Å². The van der Waals surface area contributed by atoms with Gasteiger partial charge in [0.15, 0.2) is 11.6 Å². The topological polar surface area (TPSA) is 12.0 Å². The Balaban J connectivity index is 2.44. The van der Waals surface area contributed by atoms with E-state index in [0.717, 1.165) is 38.2 Å². The Kier molecular flexibility index (Phi) is 4.97. The molecular weight excluding hydrogens is 275 g/mol. The van der Waals surface area contributed by atoms with Crippen LogP contribution in [0.2, 0.25) is 0 Å². The average molecular weight is 299 g/mol. The van der Waals surface area contributed by atoms with Crippen LogP contribution in [0.1, 0.15) is 57.6 Å². The second-order valence-electron chi connectivity index (χ2n) is 6.68. The summed E-state index contributed by atoms with van der Waals surface area (Å²) in [4.78, 5) is 0. The van der Waals surface area contributed by atoms with E-state index < -0.39 is 17.5 Å². The van der Waals surface area contributed by atoms with Crippen LogP contribution >= 0.6 is 0 Å². The van der Waals surface area contributed by atoms with Crippen LogP contribution in [0.5, 0.6) is 0 Å². The lowest BCUT2D eigenvalue weighted by Gasteiger charge is -2.39. The summed E-state index contributed by atoms with van der Waals surface area (Å²) < 4.78 is 40.9. The minimum absolute atomic E-state index is 0.0754. The van der Waals surface area contributed by atoms with E-state index >= 15 is 0 Å². The van der Waals surface area contributed by atoms with Crippen molar-refractivity contribution in [2.24, 2.45) is 11.3 Å². The van der Waals surface area contributed by atoms with E-state index in [1.807, 2.05) is 0 Å². The zero-order chi connectivity index (χ0) is 15.6. The van der Waals surface area contributed by atoms with E-state index in [0.29, 0.717) is 12.0 Å². The summed E-state index contributed by atoms with van der Waals surface area (Å²) in [5.74, 6) is -2.30. The molecule has 21 heavy (non-hydrogen) atoms. The number of hydrogen-bond donors (Lipinski definition) is 1. The van der Waals surface area contributed by atoms with E-state index in [-0.39, 0.29) is 17.0 Å². The quantitative estimate of drug-likeness (QED) is 0.757. The van der Waals surface area contributed by atoms with E-state index in [2.05, 4.69) is 19.2 Å². The molecule has 1 unspecified atom stereocenters. The van der Waals surface area contributed by atoms with Gasteiger partial charge in [-0.2, -0.15) is 0 Å². The summed E-state index contributed by atoms with van der Waals surface area (Å²) in [7, 11) is 1.77. The molecule has 1 aromatic rings. The summed E-state index contributed by atoms with van der Waals surface area (Å²) >= 11 is 0. The van der Waals surface area contributed by atoms with Crippen molar-refractivity contribution < 1.29 is 13.2 Å². The van der Waals surface area contributed by atoms with Crippen molar-refractivity contribution in [3.63, 3.8) is 0 Å². The number of rotatable bonds is 5. The largest absolute Gasteiger partial charge is 0.312 e. The van der Waals surface area contributed by atoms with Crippen molar-refractivity contribution in [3.8, 4) is 0 Å². The molecule has 0 saturated heterocycles. The van der Waals surface area contributed by atoms with Crippen molar-refractivity contribution in [1.82, 2.24) is 5.32 Å². The fourth-order valence-electron chi connectivity index (χ4n) is 4.05. The molecule has 0 radical (unpaired) electrons. The van der Waals surface area contributed by atoms with Crippen molar-refractivity contribution in [3.05, 3.63) is 35.1 Å². The van der Waals surface area contributed by atoms with Gasteiger partial charge in [0.1, 0.15) is 5.82 Å². The molecule has 0 spiro atoms. The molecule has 118 valence electrons. The lowest BCUT2D eigenvalue weighted by molar-refractivity contribution is 0.158. The highest BCUT2D eigenvalue weighted by molar-refractivity contribution is 5.26. The van der Waals surface area contributed by atoms with E-state index in [4.69, 9.17) is 0 Å². The van der Waals surface area contributed by atoms with Gasteiger partial charge in [-0.3, -0.25) is 0 Å². The third kappa shape index (κ3) is 3.25. The molecular formula is C17H24F3N. The molecule has 2 rings (SSSR count). The van der Waals surface area contributed by atoms with Crippen LogP contribution in [0.15, 0.2) is 12.1 Å². The molecule has 0 aromatic heterocycles. The fourth-order valence-corrected chi connectivity index (χ4v) is 4.05. The summed E-state index contributed by atoms with van der Waals surface area (Å²) in [6, 6.07) is 1.40. The Morgan fingerprint density at radius 1 is 1.05 bits per heavy atom. The Hall–Kier alpha value is -1.03. The minimum atomic E-state index is -1.13. The summed E-state index contributed by atoms with van der Waals surface area (Å²) in [6.45, 7) is 4.29. The summed E-state index contributed by atoms with van der Waals surface area (Å²) in [5, 5.41) is 3.16. The highest BCUT2D eigenvalue weighted by Gasteiger charge is 2.42. The fraction of sp³-hybridized carbons (Fsp3) is 0.647. The normalized spacial score (nSPS) is 19.2. The predicted molar refractivity (Wildman–Crippen MR) is 78.5 cm³/mol. The number of halogens is 3. The lowest BCUT2D eigenvalue weighted by Crippen LogP contribution is -2.36. The van der Waals surface area contributed by atoms with Crippen LogP contribution in [-0.2, 0) is 0 Å². The third-order valence-electron chi connectivity index (χ3n) is 4.67. The first-order valence-corrected chi connectivity index (χ1v) is 7.71. The van der Waals surface area contributed by atoms with Gasteiger partial charge in [-0.1, -0.05) is 26.7 Å². The van der Waals surface area contributed by atoms with Crippen LogP contribution < -0.4 is 5.32 Å². The molecule has 1 saturated carbocycles. The lowest BCUT2D eigenvalue weighted by atomic mass is 9.70. The maximum atomic E-state index is 14.2. The van der Waals surface area contributed by atoms with Crippen molar-refractivity contribution in [2.75, 3.05) is 7.05 Å². The number of nitrogens with one attached hydrogen (secondary N) is 1. The zero-order valence-corrected chi connectivity index (χ0v) is 13.0. The maximum absolute atomic E-state index is 14.2. The SMILES string of the molecule is CNC(c1cc(F)c(F)cc1F)C1(CC(C)C)CCCC1. The van der Waals surface area contributed by atoms with Crippen LogP contribution in [-0.4, -0.2) is 7.05 Å².